The third-order valence-electron chi connectivity index (χ3n) is 3.09. The molecule has 0 spiro atoms. The number of piperazine rings is 1. The summed E-state index contributed by atoms with van der Waals surface area (Å²) >= 11 is 0. The average molecular weight is 286 g/mol. The Balaban J connectivity index is 2.20. The number of hydrogen-bond acceptors (Lipinski definition) is 4. The van der Waals surface area contributed by atoms with Crippen LogP contribution in [0.5, 0.6) is 0 Å². The van der Waals surface area contributed by atoms with Gasteiger partial charge in [0.05, 0.1) is 6.54 Å². The van der Waals surface area contributed by atoms with Gasteiger partial charge in [0, 0.05) is 46.2 Å². The molecule has 1 fully saturated rings. The molecule has 0 radical (unpaired) electrons. The van der Waals surface area contributed by atoms with Gasteiger partial charge in [-0.2, -0.15) is 0 Å². The highest BCUT2D eigenvalue weighted by molar-refractivity contribution is 5.84. The molecule has 0 saturated carbocycles. The molecule has 1 aliphatic heterocycles. The van der Waals surface area contributed by atoms with E-state index in [4.69, 9.17) is 5.11 Å². The molecule has 1 heterocycles. The number of rotatable bonds is 6. The van der Waals surface area contributed by atoms with Crippen LogP contribution < -0.4 is 10.6 Å². The second kappa shape index (κ2) is 8.36. The first-order chi connectivity index (χ1) is 9.50. The molecule has 1 saturated heterocycles. The van der Waals surface area contributed by atoms with Gasteiger partial charge in [-0.25, -0.2) is 4.79 Å². The summed E-state index contributed by atoms with van der Waals surface area (Å²) in [6.07, 6.45) is 0.419. The van der Waals surface area contributed by atoms with Crippen molar-refractivity contribution in [3.63, 3.8) is 0 Å². The minimum atomic E-state index is -0.882. The Kier molecular flexibility index (Phi) is 6.78. The molecule has 3 amide bonds. The first-order valence-corrected chi connectivity index (χ1v) is 6.70. The number of urea groups is 1. The van der Waals surface area contributed by atoms with E-state index in [1.165, 1.54) is 4.90 Å². The Morgan fingerprint density at radius 3 is 2.55 bits per heavy atom. The smallest absolute Gasteiger partial charge is 0.317 e. The molecule has 0 unspecified atom stereocenters. The van der Waals surface area contributed by atoms with Crippen molar-refractivity contribution >= 4 is 17.9 Å². The van der Waals surface area contributed by atoms with Crippen molar-refractivity contribution in [2.45, 2.75) is 12.8 Å². The van der Waals surface area contributed by atoms with E-state index in [9.17, 15) is 14.4 Å². The summed E-state index contributed by atoms with van der Waals surface area (Å²) < 4.78 is 0. The first-order valence-electron chi connectivity index (χ1n) is 6.70. The quantitative estimate of drug-likeness (QED) is 0.577. The summed E-state index contributed by atoms with van der Waals surface area (Å²) in [5.74, 6) is -0.980. The number of nitrogens with zero attached hydrogens (tertiary/aromatic N) is 2. The van der Waals surface area contributed by atoms with Gasteiger partial charge in [0.25, 0.3) is 0 Å². The summed E-state index contributed by atoms with van der Waals surface area (Å²) in [6.45, 7) is 3.18. The minimum absolute atomic E-state index is 0.0251. The van der Waals surface area contributed by atoms with E-state index in [1.807, 2.05) is 0 Å². The van der Waals surface area contributed by atoms with Crippen LogP contribution in [0.3, 0.4) is 0 Å². The third kappa shape index (κ3) is 5.87. The summed E-state index contributed by atoms with van der Waals surface area (Å²) in [6, 6.07) is -0.362. The number of carboxylic acid groups (broad SMARTS) is 1. The van der Waals surface area contributed by atoms with Crippen molar-refractivity contribution in [1.29, 1.82) is 0 Å². The van der Waals surface area contributed by atoms with E-state index in [2.05, 4.69) is 10.6 Å². The molecule has 3 N–H and O–H groups in total. The molecule has 8 nitrogen and oxygen atoms in total. The van der Waals surface area contributed by atoms with Crippen LogP contribution in [0.15, 0.2) is 0 Å². The van der Waals surface area contributed by atoms with Gasteiger partial charge in [-0.1, -0.05) is 0 Å². The van der Waals surface area contributed by atoms with Gasteiger partial charge in [-0.3, -0.25) is 9.59 Å². The predicted molar refractivity (Wildman–Crippen MR) is 72.3 cm³/mol. The molecule has 0 bridgehead atoms. The molecular formula is C12H22N4O4. The second-order valence-corrected chi connectivity index (χ2v) is 4.71. The third-order valence-corrected chi connectivity index (χ3v) is 3.09. The van der Waals surface area contributed by atoms with E-state index >= 15 is 0 Å². The van der Waals surface area contributed by atoms with Gasteiger partial charge in [-0.15, -0.1) is 0 Å². The zero-order valence-electron chi connectivity index (χ0n) is 11.7. The lowest BCUT2D eigenvalue weighted by Gasteiger charge is -2.27. The lowest BCUT2D eigenvalue weighted by molar-refractivity contribution is -0.137. The van der Waals surface area contributed by atoms with Crippen molar-refractivity contribution < 1.29 is 19.5 Å². The number of aliphatic carboxylic acids is 1. The first kappa shape index (κ1) is 16.2. The van der Waals surface area contributed by atoms with Gasteiger partial charge in [-0.05, 0) is 6.42 Å². The average Bonchev–Trinajstić information content (AvgIpc) is 2.44. The second-order valence-electron chi connectivity index (χ2n) is 4.71. The molecule has 0 aromatic heterocycles. The highest BCUT2D eigenvalue weighted by Gasteiger charge is 2.17. The number of hydrogen-bond donors (Lipinski definition) is 3. The highest BCUT2D eigenvalue weighted by atomic mass is 16.4. The Hall–Kier alpha value is -1.83. The van der Waals surface area contributed by atoms with E-state index in [0.717, 1.165) is 13.1 Å². The molecule has 20 heavy (non-hydrogen) atoms. The van der Waals surface area contributed by atoms with Crippen LogP contribution in [0.4, 0.5) is 4.79 Å². The van der Waals surface area contributed by atoms with E-state index in [0.29, 0.717) is 26.1 Å². The zero-order chi connectivity index (χ0) is 15.0. The standard InChI is InChI=1S/C12H22N4O4/c1-15(6-2-3-11(18)19)12(20)14-9-10(17)16-7-4-13-5-8-16/h13H,2-9H2,1H3,(H,14,20)(H,18,19). The lowest BCUT2D eigenvalue weighted by Crippen LogP contribution is -2.50. The maximum Gasteiger partial charge on any atom is 0.317 e. The summed E-state index contributed by atoms with van der Waals surface area (Å²) in [5.41, 5.74) is 0. The van der Waals surface area contributed by atoms with E-state index < -0.39 is 5.97 Å². The fraction of sp³-hybridized carbons (Fsp3) is 0.750. The Labute approximate surface area is 118 Å². The summed E-state index contributed by atoms with van der Waals surface area (Å²) in [5, 5.41) is 14.2. The molecule has 0 aromatic rings. The van der Waals surface area contributed by atoms with Crippen LogP contribution >= 0.6 is 0 Å². The van der Waals surface area contributed by atoms with Crippen LogP contribution in [0.2, 0.25) is 0 Å². The fourth-order valence-electron chi connectivity index (χ4n) is 1.88. The number of carboxylic acids is 1. The topological polar surface area (TPSA) is 102 Å². The molecular weight excluding hydrogens is 264 g/mol. The Bertz CT molecular complexity index is 355. The van der Waals surface area contributed by atoms with Gasteiger partial charge < -0.3 is 25.5 Å². The van der Waals surface area contributed by atoms with Crippen molar-refractivity contribution in [3.05, 3.63) is 0 Å². The van der Waals surface area contributed by atoms with Crippen LogP contribution in [-0.4, -0.2) is 79.1 Å². The minimum Gasteiger partial charge on any atom is -0.481 e. The summed E-state index contributed by atoms with van der Waals surface area (Å²) in [4.78, 5) is 37.0. The zero-order valence-corrected chi connectivity index (χ0v) is 11.7. The van der Waals surface area contributed by atoms with Crippen LogP contribution in [0, 0.1) is 0 Å². The van der Waals surface area contributed by atoms with Crippen molar-refractivity contribution in [1.82, 2.24) is 20.4 Å². The fourth-order valence-corrected chi connectivity index (χ4v) is 1.88. The number of amides is 3. The molecule has 0 atom stereocenters. The van der Waals surface area contributed by atoms with Crippen molar-refractivity contribution in [2.24, 2.45) is 0 Å². The number of carbonyl (C=O) groups excluding carboxylic acids is 2. The van der Waals surface area contributed by atoms with E-state index in [1.54, 1.807) is 11.9 Å². The normalized spacial score (nSPS) is 14.8. The van der Waals surface area contributed by atoms with Crippen LogP contribution in [0.25, 0.3) is 0 Å². The molecule has 1 aliphatic rings. The molecule has 0 aliphatic carbocycles. The van der Waals surface area contributed by atoms with E-state index in [-0.39, 0.29) is 24.9 Å². The Morgan fingerprint density at radius 1 is 1.30 bits per heavy atom. The monoisotopic (exact) mass is 286 g/mol. The predicted octanol–water partition coefficient (Wildman–Crippen LogP) is -1.08. The van der Waals surface area contributed by atoms with Crippen molar-refractivity contribution in [3.8, 4) is 0 Å². The largest absolute Gasteiger partial charge is 0.481 e. The molecule has 8 heteroatoms. The van der Waals surface area contributed by atoms with Gasteiger partial charge in [0.2, 0.25) is 5.91 Å². The lowest BCUT2D eigenvalue weighted by atomic mass is 10.3. The summed E-state index contributed by atoms with van der Waals surface area (Å²) in [7, 11) is 1.58. The Morgan fingerprint density at radius 2 is 1.95 bits per heavy atom. The van der Waals surface area contributed by atoms with Gasteiger partial charge in [0.15, 0.2) is 0 Å². The van der Waals surface area contributed by atoms with Gasteiger partial charge in [0.1, 0.15) is 0 Å². The number of nitrogens with one attached hydrogen (secondary N) is 2. The van der Waals surface area contributed by atoms with Crippen LogP contribution in [-0.2, 0) is 9.59 Å². The molecule has 1 rings (SSSR count). The highest BCUT2D eigenvalue weighted by Crippen LogP contribution is 1.95. The maximum atomic E-state index is 11.8. The van der Waals surface area contributed by atoms with Crippen molar-refractivity contribution in [2.75, 3.05) is 46.3 Å². The molecule has 0 aromatic carbocycles. The number of carbonyl (C=O) groups is 3. The SMILES string of the molecule is CN(CCCC(=O)O)C(=O)NCC(=O)N1CCNCC1. The van der Waals surface area contributed by atoms with Gasteiger partial charge >= 0.3 is 12.0 Å². The maximum absolute atomic E-state index is 11.8. The van der Waals surface area contributed by atoms with Crippen LogP contribution in [0.1, 0.15) is 12.8 Å². The molecule has 114 valence electrons.